The van der Waals surface area contributed by atoms with E-state index in [-0.39, 0.29) is 24.1 Å². The van der Waals surface area contributed by atoms with Crippen LogP contribution in [-0.2, 0) is 10.0 Å². The molecule has 1 atom stereocenters. The maximum atomic E-state index is 12.4. The molecular formula is C13H18ClF2NO2S. The van der Waals surface area contributed by atoms with E-state index in [1.54, 1.807) is 6.92 Å². The molecule has 114 valence electrons. The van der Waals surface area contributed by atoms with E-state index in [1.165, 1.54) is 0 Å². The van der Waals surface area contributed by atoms with Gasteiger partial charge in [-0.15, -0.1) is 11.6 Å². The first-order valence-electron chi connectivity index (χ1n) is 6.23. The second kappa shape index (κ2) is 7.90. The SMILES string of the molecule is CC(CS(=O)(=O)N(CCCl)CC(F)F)c1ccccc1. The summed E-state index contributed by atoms with van der Waals surface area (Å²) in [7, 11) is -3.76. The van der Waals surface area contributed by atoms with E-state index in [2.05, 4.69) is 0 Å². The highest BCUT2D eigenvalue weighted by atomic mass is 35.5. The average molecular weight is 326 g/mol. The van der Waals surface area contributed by atoms with Crippen molar-refractivity contribution in [2.24, 2.45) is 0 Å². The summed E-state index contributed by atoms with van der Waals surface area (Å²) in [6.45, 7) is 0.848. The van der Waals surface area contributed by atoms with Crippen LogP contribution >= 0.6 is 11.6 Å². The summed E-state index contributed by atoms with van der Waals surface area (Å²) in [6.07, 6.45) is -2.71. The number of rotatable bonds is 8. The Labute approximate surface area is 123 Å². The Bertz CT molecular complexity index is 496. The summed E-state index contributed by atoms with van der Waals surface area (Å²) in [4.78, 5) is 0. The zero-order chi connectivity index (χ0) is 15.2. The van der Waals surface area contributed by atoms with Gasteiger partial charge in [0.2, 0.25) is 10.0 Å². The number of hydrogen-bond acceptors (Lipinski definition) is 2. The van der Waals surface area contributed by atoms with Gasteiger partial charge in [-0.05, 0) is 11.5 Å². The standard InChI is InChI=1S/C13H18ClF2NO2S/c1-11(12-5-3-2-4-6-12)10-20(18,19)17(8-7-14)9-13(15)16/h2-6,11,13H,7-10H2,1H3. The molecule has 0 saturated heterocycles. The number of hydrogen-bond donors (Lipinski definition) is 0. The van der Waals surface area contributed by atoms with Gasteiger partial charge in [0.05, 0.1) is 12.3 Å². The van der Waals surface area contributed by atoms with Gasteiger partial charge in [-0.2, -0.15) is 4.31 Å². The third-order valence-corrected chi connectivity index (χ3v) is 5.11. The molecule has 0 amide bonds. The summed E-state index contributed by atoms with van der Waals surface area (Å²) in [5.41, 5.74) is 0.860. The lowest BCUT2D eigenvalue weighted by Crippen LogP contribution is -2.39. The maximum Gasteiger partial charge on any atom is 0.252 e. The molecule has 0 aromatic heterocycles. The van der Waals surface area contributed by atoms with E-state index < -0.39 is 23.0 Å². The highest BCUT2D eigenvalue weighted by Crippen LogP contribution is 2.19. The highest BCUT2D eigenvalue weighted by Gasteiger charge is 2.27. The Balaban J connectivity index is 2.81. The van der Waals surface area contributed by atoms with E-state index in [4.69, 9.17) is 11.6 Å². The summed E-state index contributed by atoms with van der Waals surface area (Å²) >= 11 is 5.49. The van der Waals surface area contributed by atoms with Crippen LogP contribution in [0, 0.1) is 0 Å². The third kappa shape index (κ3) is 5.34. The second-order valence-corrected chi connectivity index (χ2v) is 6.92. The van der Waals surface area contributed by atoms with Crippen molar-refractivity contribution < 1.29 is 17.2 Å². The third-order valence-electron chi connectivity index (χ3n) is 2.90. The smallest absolute Gasteiger partial charge is 0.212 e. The van der Waals surface area contributed by atoms with Crippen molar-refractivity contribution in [3.05, 3.63) is 35.9 Å². The monoisotopic (exact) mass is 325 g/mol. The van der Waals surface area contributed by atoms with Gasteiger partial charge in [-0.3, -0.25) is 0 Å². The Morgan fingerprint density at radius 1 is 1.25 bits per heavy atom. The van der Waals surface area contributed by atoms with Crippen molar-refractivity contribution in [3.63, 3.8) is 0 Å². The van der Waals surface area contributed by atoms with Crippen LogP contribution in [-0.4, -0.2) is 43.9 Å². The van der Waals surface area contributed by atoms with Crippen LogP contribution in [0.2, 0.25) is 0 Å². The summed E-state index contributed by atoms with van der Waals surface area (Å²) in [5.74, 6) is -0.483. The minimum absolute atomic E-state index is 0.00827. The van der Waals surface area contributed by atoms with Crippen LogP contribution < -0.4 is 0 Å². The normalized spacial score (nSPS) is 13.9. The Kier molecular flexibility index (Phi) is 6.85. The molecule has 1 aromatic carbocycles. The van der Waals surface area contributed by atoms with Gasteiger partial charge >= 0.3 is 0 Å². The molecule has 0 aliphatic carbocycles. The lowest BCUT2D eigenvalue weighted by molar-refractivity contribution is 0.121. The van der Waals surface area contributed by atoms with Gasteiger partial charge in [0.1, 0.15) is 0 Å². The molecule has 1 unspecified atom stereocenters. The highest BCUT2D eigenvalue weighted by molar-refractivity contribution is 7.89. The van der Waals surface area contributed by atoms with Crippen molar-refractivity contribution in [3.8, 4) is 0 Å². The molecule has 0 aliphatic rings. The summed E-state index contributed by atoms with van der Waals surface area (Å²) < 4.78 is 50.0. The second-order valence-electron chi connectivity index (χ2n) is 4.53. The maximum absolute atomic E-state index is 12.4. The van der Waals surface area contributed by atoms with Gasteiger partial charge in [0.15, 0.2) is 0 Å². The molecule has 7 heteroatoms. The van der Waals surface area contributed by atoms with Crippen LogP contribution in [0.4, 0.5) is 8.78 Å². The van der Waals surface area contributed by atoms with Gasteiger partial charge in [-0.25, -0.2) is 17.2 Å². The van der Waals surface area contributed by atoms with Crippen LogP contribution in [0.15, 0.2) is 30.3 Å². The van der Waals surface area contributed by atoms with Gasteiger partial charge in [-0.1, -0.05) is 37.3 Å². The fraction of sp³-hybridized carbons (Fsp3) is 0.538. The van der Waals surface area contributed by atoms with E-state index in [1.807, 2.05) is 30.3 Å². The lowest BCUT2D eigenvalue weighted by Gasteiger charge is -2.23. The summed E-state index contributed by atoms with van der Waals surface area (Å²) in [5, 5.41) is 0. The van der Waals surface area contributed by atoms with E-state index in [0.717, 1.165) is 9.87 Å². The molecule has 0 aliphatic heterocycles. The number of sulfonamides is 1. The molecule has 0 fully saturated rings. The van der Waals surface area contributed by atoms with Crippen LogP contribution in [0.1, 0.15) is 18.4 Å². The summed E-state index contributed by atoms with van der Waals surface area (Å²) in [6, 6.07) is 9.10. The van der Waals surface area contributed by atoms with Crippen molar-refractivity contribution in [2.75, 3.05) is 24.7 Å². The van der Waals surface area contributed by atoms with Crippen molar-refractivity contribution >= 4 is 21.6 Å². The first-order valence-corrected chi connectivity index (χ1v) is 8.38. The minimum atomic E-state index is -3.76. The van der Waals surface area contributed by atoms with E-state index in [0.29, 0.717) is 0 Å². The molecule has 20 heavy (non-hydrogen) atoms. The van der Waals surface area contributed by atoms with Gasteiger partial charge in [0.25, 0.3) is 6.43 Å². The van der Waals surface area contributed by atoms with Gasteiger partial charge in [0, 0.05) is 12.4 Å². The largest absolute Gasteiger partial charge is 0.252 e. The fourth-order valence-corrected chi connectivity index (χ4v) is 3.94. The molecule has 1 aromatic rings. The van der Waals surface area contributed by atoms with E-state index in [9.17, 15) is 17.2 Å². The van der Waals surface area contributed by atoms with Crippen LogP contribution in [0.5, 0.6) is 0 Å². The Morgan fingerprint density at radius 2 is 1.85 bits per heavy atom. The first-order chi connectivity index (χ1) is 9.36. The molecular weight excluding hydrogens is 308 g/mol. The number of benzene rings is 1. The van der Waals surface area contributed by atoms with Crippen molar-refractivity contribution in [1.82, 2.24) is 4.31 Å². The molecule has 3 nitrogen and oxygen atoms in total. The van der Waals surface area contributed by atoms with Crippen molar-refractivity contribution in [1.29, 1.82) is 0 Å². The molecule has 0 saturated carbocycles. The topological polar surface area (TPSA) is 37.4 Å². The molecule has 1 rings (SSSR count). The predicted octanol–water partition coefficient (Wildman–Crippen LogP) is 2.93. The number of nitrogens with zero attached hydrogens (tertiary/aromatic N) is 1. The molecule has 0 spiro atoms. The Morgan fingerprint density at radius 3 is 2.35 bits per heavy atom. The number of halogens is 3. The quantitative estimate of drug-likeness (QED) is 0.689. The average Bonchev–Trinajstić information content (AvgIpc) is 2.38. The molecule has 0 heterocycles. The zero-order valence-electron chi connectivity index (χ0n) is 11.2. The molecule has 0 radical (unpaired) electrons. The molecule has 0 bridgehead atoms. The zero-order valence-corrected chi connectivity index (χ0v) is 12.7. The Hall–Kier alpha value is -0.720. The number of alkyl halides is 3. The lowest BCUT2D eigenvalue weighted by atomic mass is 10.0. The van der Waals surface area contributed by atoms with E-state index >= 15 is 0 Å². The minimum Gasteiger partial charge on any atom is -0.212 e. The predicted molar refractivity (Wildman–Crippen MR) is 76.9 cm³/mol. The van der Waals surface area contributed by atoms with Crippen LogP contribution in [0.3, 0.4) is 0 Å². The first kappa shape index (κ1) is 17.3. The fourth-order valence-electron chi connectivity index (χ4n) is 1.89. The molecule has 0 N–H and O–H groups in total. The van der Waals surface area contributed by atoms with Crippen molar-refractivity contribution in [2.45, 2.75) is 19.3 Å². The van der Waals surface area contributed by atoms with Gasteiger partial charge < -0.3 is 0 Å². The van der Waals surface area contributed by atoms with Crippen LogP contribution in [0.25, 0.3) is 0 Å².